The number of hydrogen-bond acceptors (Lipinski definition) is 5. The number of aryl methyl sites for hydroxylation is 2. The number of hydrogen-bond donors (Lipinski definition) is 1. The number of carbonyl (C=O) groups is 1. The van der Waals surface area contributed by atoms with Crippen LogP contribution < -0.4 is 10.1 Å². The van der Waals surface area contributed by atoms with Crippen LogP contribution in [0.3, 0.4) is 0 Å². The predicted molar refractivity (Wildman–Crippen MR) is 100 cm³/mol. The van der Waals surface area contributed by atoms with Crippen molar-refractivity contribution in [3.63, 3.8) is 0 Å². The number of para-hydroxylation sites is 1. The Hall–Kier alpha value is -2.44. The number of nitrogens with one attached hydrogen (secondary N) is 1. The van der Waals surface area contributed by atoms with Crippen LogP contribution in [0.25, 0.3) is 10.2 Å². The van der Waals surface area contributed by atoms with Crippen LogP contribution in [0.2, 0.25) is 0 Å². The minimum atomic E-state index is -0.215. The minimum absolute atomic E-state index is 0.0217. The van der Waals surface area contributed by atoms with Crippen molar-refractivity contribution >= 4 is 32.6 Å². The molecular weight excluding hydrogens is 336 g/mol. The molecule has 0 saturated carbocycles. The second-order valence-electron chi connectivity index (χ2n) is 5.71. The fourth-order valence-electron chi connectivity index (χ4n) is 2.48. The zero-order chi connectivity index (χ0) is 17.6. The van der Waals surface area contributed by atoms with E-state index in [2.05, 4.69) is 29.4 Å². The first kappa shape index (κ1) is 17.4. The van der Waals surface area contributed by atoms with Crippen LogP contribution in [0.1, 0.15) is 11.1 Å². The lowest BCUT2D eigenvalue weighted by Gasteiger charge is -2.06. The Kier molecular flexibility index (Phi) is 5.63. The van der Waals surface area contributed by atoms with E-state index >= 15 is 0 Å². The van der Waals surface area contributed by atoms with Crippen molar-refractivity contribution in [3.05, 3.63) is 53.6 Å². The Balaban J connectivity index is 1.44. The summed E-state index contributed by atoms with van der Waals surface area (Å²) in [6.07, 6.45) is 0. The lowest BCUT2D eigenvalue weighted by molar-refractivity contribution is -0.120. The topological polar surface area (TPSA) is 60.5 Å². The number of aromatic nitrogens is 1. The highest BCUT2D eigenvalue weighted by molar-refractivity contribution is 7.22. The van der Waals surface area contributed by atoms with E-state index in [1.54, 1.807) is 0 Å². The summed E-state index contributed by atoms with van der Waals surface area (Å²) < 4.78 is 11.9. The van der Waals surface area contributed by atoms with Crippen molar-refractivity contribution in [1.29, 1.82) is 0 Å². The van der Waals surface area contributed by atoms with Crippen LogP contribution in [0.4, 0.5) is 5.13 Å². The number of fused-ring (bicyclic) bond motifs is 1. The smallest absolute Gasteiger partial charge is 0.252 e. The number of ether oxygens (including phenoxy) is 2. The number of amides is 1. The van der Waals surface area contributed by atoms with Gasteiger partial charge in [0.05, 0.1) is 16.8 Å². The fourth-order valence-corrected chi connectivity index (χ4v) is 3.54. The number of anilines is 1. The Morgan fingerprint density at radius 2 is 1.96 bits per heavy atom. The molecule has 3 aromatic rings. The van der Waals surface area contributed by atoms with Crippen LogP contribution in [0.15, 0.2) is 42.5 Å². The van der Waals surface area contributed by atoms with Gasteiger partial charge >= 0.3 is 0 Å². The molecule has 3 rings (SSSR count). The normalized spacial score (nSPS) is 10.8. The van der Waals surface area contributed by atoms with Gasteiger partial charge in [-0.3, -0.25) is 10.1 Å². The minimum Gasteiger partial charge on any atom is -0.491 e. The highest BCUT2D eigenvalue weighted by atomic mass is 32.1. The van der Waals surface area contributed by atoms with Gasteiger partial charge in [0.15, 0.2) is 5.13 Å². The molecule has 0 radical (unpaired) electrons. The van der Waals surface area contributed by atoms with Crippen molar-refractivity contribution in [3.8, 4) is 5.75 Å². The SMILES string of the molecule is Cc1cc(C)c2nc(NC(=O)COCCOc3ccccc3)sc2c1. The molecule has 0 aliphatic carbocycles. The Morgan fingerprint density at radius 3 is 2.76 bits per heavy atom. The molecule has 0 spiro atoms. The molecule has 130 valence electrons. The average molecular weight is 356 g/mol. The quantitative estimate of drug-likeness (QED) is 0.651. The fraction of sp³-hybridized carbons (Fsp3) is 0.263. The molecule has 0 aliphatic heterocycles. The van der Waals surface area contributed by atoms with Gasteiger partial charge in [0.25, 0.3) is 5.91 Å². The third-order valence-electron chi connectivity index (χ3n) is 3.55. The van der Waals surface area contributed by atoms with E-state index in [1.165, 1.54) is 16.9 Å². The van der Waals surface area contributed by atoms with Gasteiger partial charge in [0.1, 0.15) is 19.0 Å². The molecular formula is C19H20N2O3S. The Labute approximate surface area is 150 Å². The Bertz CT molecular complexity index is 862. The molecule has 0 atom stereocenters. The number of carbonyl (C=O) groups excluding carboxylic acids is 1. The van der Waals surface area contributed by atoms with E-state index in [0.717, 1.165) is 21.5 Å². The van der Waals surface area contributed by atoms with E-state index in [1.807, 2.05) is 37.3 Å². The van der Waals surface area contributed by atoms with Crippen molar-refractivity contribution in [2.75, 3.05) is 25.1 Å². The summed E-state index contributed by atoms with van der Waals surface area (Å²) in [5, 5.41) is 3.38. The lowest BCUT2D eigenvalue weighted by Crippen LogP contribution is -2.20. The number of benzene rings is 2. The maximum absolute atomic E-state index is 12.0. The highest BCUT2D eigenvalue weighted by Crippen LogP contribution is 2.29. The lowest BCUT2D eigenvalue weighted by atomic mass is 10.1. The van der Waals surface area contributed by atoms with Gasteiger partial charge < -0.3 is 9.47 Å². The van der Waals surface area contributed by atoms with Gasteiger partial charge in [-0.15, -0.1) is 0 Å². The molecule has 1 heterocycles. The van der Waals surface area contributed by atoms with Crippen molar-refractivity contribution in [2.45, 2.75) is 13.8 Å². The van der Waals surface area contributed by atoms with Crippen LogP contribution in [0, 0.1) is 13.8 Å². The average Bonchev–Trinajstić information content (AvgIpc) is 2.98. The summed E-state index contributed by atoms with van der Waals surface area (Å²) in [6, 6.07) is 13.7. The van der Waals surface area contributed by atoms with Crippen molar-refractivity contribution in [1.82, 2.24) is 4.98 Å². The molecule has 0 fully saturated rings. The molecule has 5 nitrogen and oxygen atoms in total. The zero-order valence-electron chi connectivity index (χ0n) is 14.2. The highest BCUT2D eigenvalue weighted by Gasteiger charge is 2.10. The predicted octanol–water partition coefficient (Wildman–Crippen LogP) is 3.95. The Morgan fingerprint density at radius 1 is 1.16 bits per heavy atom. The molecule has 1 amide bonds. The maximum Gasteiger partial charge on any atom is 0.252 e. The third-order valence-corrected chi connectivity index (χ3v) is 4.47. The van der Waals surface area contributed by atoms with Gasteiger partial charge in [-0.25, -0.2) is 4.98 Å². The summed E-state index contributed by atoms with van der Waals surface area (Å²) in [7, 11) is 0. The molecule has 1 N–H and O–H groups in total. The molecule has 1 aromatic heterocycles. The molecule has 2 aromatic carbocycles. The number of thiazole rings is 1. The van der Waals surface area contributed by atoms with Gasteiger partial charge in [-0.1, -0.05) is 35.6 Å². The van der Waals surface area contributed by atoms with E-state index in [0.29, 0.717) is 18.3 Å². The largest absolute Gasteiger partial charge is 0.491 e. The summed E-state index contributed by atoms with van der Waals surface area (Å²) in [4.78, 5) is 16.4. The number of rotatable bonds is 7. The molecule has 25 heavy (non-hydrogen) atoms. The standard InChI is InChI=1S/C19H20N2O3S/c1-13-10-14(2)18-16(11-13)25-19(21-18)20-17(22)12-23-8-9-24-15-6-4-3-5-7-15/h3-7,10-11H,8-9,12H2,1-2H3,(H,20,21,22). The van der Waals surface area contributed by atoms with Gasteiger partial charge in [0.2, 0.25) is 0 Å². The second-order valence-corrected chi connectivity index (χ2v) is 6.74. The molecule has 0 unspecified atom stereocenters. The molecule has 0 bridgehead atoms. The van der Waals surface area contributed by atoms with Crippen molar-refractivity contribution in [2.24, 2.45) is 0 Å². The summed E-state index contributed by atoms with van der Waals surface area (Å²) >= 11 is 1.47. The molecule has 6 heteroatoms. The monoisotopic (exact) mass is 356 g/mol. The first-order valence-electron chi connectivity index (χ1n) is 8.05. The molecule has 0 aliphatic rings. The van der Waals surface area contributed by atoms with Crippen LogP contribution in [-0.4, -0.2) is 30.7 Å². The van der Waals surface area contributed by atoms with Crippen LogP contribution >= 0.6 is 11.3 Å². The van der Waals surface area contributed by atoms with E-state index in [4.69, 9.17) is 9.47 Å². The van der Waals surface area contributed by atoms with Gasteiger partial charge in [-0.05, 0) is 43.2 Å². The van der Waals surface area contributed by atoms with Crippen molar-refractivity contribution < 1.29 is 14.3 Å². The summed E-state index contributed by atoms with van der Waals surface area (Å²) in [6.45, 7) is 4.80. The van der Waals surface area contributed by atoms with E-state index in [-0.39, 0.29) is 12.5 Å². The van der Waals surface area contributed by atoms with Crippen LogP contribution in [0.5, 0.6) is 5.75 Å². The zero-order valence-corrected chi connectivity index (χ0v) is 15.1. The van der Waals surface area contributed by atoms with Gasteiger partial charge in [-0.2, -0.15) is 0 Å². The maximum atomic E-state index is 12.0. The van der Waals surface area contributed by atoms with Crippen LogP contribution in [-0.2, 0) is 9.53 Å². The van der Waals surface area contributed by atoms with E-state index in [9.17, 15) is 4.79 Å². The van der Waals surface area contributed by atoms with E-state index < -0.39 is 0 Å². The second kappa shape index (κ2) is 8.09. The first-order chi connectivity index (χ1) is 12.1. The molecule has 0 saturated heterocycles. The van der Waals surface area contributed by atoms with Gasteiger partial charge in [0, 0.05) is 0 Å². The summed E-state index contributed by atoms with van der Waals surface area (Å²) in [5.74, 6) is 0.573. The first-order valence-corrected chi connectivity index (χ1v) is 8.87. The third kappa shape index (κ3) is 4.78. The summed E-state index contributed by atoms with van der Waals surface area (Å²) in [5.41, 5.74) is 3.23. The number of nitrogens with zero attached hydrogens (tertiary/aromatic N) is 1.